The first-order valence-electron chi connectivity index (χ1n) is 6.56. The van der Waals surface area contributed by atoms with Crippen molar-refractivity contribution in [1.29, 1.82) is 0 Å². The molecule has 0 amide bonds. The van der Waals surface area contributed by atoms with Crippen LogP contribution in [0.15, 0.2) is 0 Å². The van der Waals surface area contributed by atoms with Crippen molar-refractivity contribution in [2.24, 2.45) is 0 Å². The van der Waals surface area contributed by atoms with E-state index in [1.165, 1.54) is 11.3 Å². The highest BCUT2D eigenvalue weighted by molar-refractivity contribution is 7.13. The molecule has 0 saturated heterocycles. The van der Waals surface area contributed by atoms with Gasteiger partial charge in [-0.3, -0.25) is 4.90 Å². The van der Waals surface area contributed by atoms with Crippen LogP contribution in [0.25, 0.3) is 0 Å². The number of hydrogen-bond acceptors (Lipinski definition) is 4. The van der Waals surface area contributed by atoms with Gasteiger partial charge in [-0.05, 0) is 25.9 Å². The minimum absolute atomic E-state index is 0.422. The molecule has 0 unspecified atom stereocenters. The van der Waals surface area contributed by atoms with Gasteiger partial charge in [0.15, 0.2) is 0 Å². The second-order valence-corrected chi connectivity index (χ2v) is 5.34. The molecular weight excluding hydrogens is 248 g/mol. The van der Waals surface area contributed by atoms with Gasteiger partial charge < -0.3 is 5.11 Å². The lowest BCUT2D eigenvalue weighted by Crippen LogP contribution is -2.21. The number of aromatic carboxylic acids is 1. The van der Waals surface area contributed by atoms with E-state index >= 15 is 0 Å². The van der Waals surface area contributed by atoms with Crippen LogP contribution < -0.4 is 0 Å². The average Bonchev–Trinajstić information content (AvgIpc) is 2.76. The summed E-state index contributed by atoms with van der Waals surface area (Å²) >= 11 is 1.32. The van der Waals surface area contributed by atoms with Crippen molar-refractivity contribution in [3.63, 3.8) is 0 Å². The number of carboxylic acid groups (broad SMARTS) is 1. The Kier molecular flexibility index (Phi) is 6.29. The zero-order chi connectivity index (χ0) is 13.5. The van der Waals surface area contributed by atoms with Crippen molar-refractivity contribution >= 4 is 17.3 Å². The topological polar surface area (TPSA) is 53.4 Å². The molecule has 4 nitrogen and oxygen atoms in total. The molecule has 0 atom stereocenters. The lowest BCUT2D eigenvalue weighted by Gasteiger charge is -2.15. The number of nitrogens with zero attached hydrogens (tertiary/aromatic N) is 2. The molecule has 1 heterocycles. The molecule has 0 spiro atoms. The van der Waals surface area contributed by atoms with Crippen LogP contribution in [0.1, 0.15) is 54.0 Å². The predicted octanol–water partition coefficient (Wildman–Crippen LogP) is 3.03. The molecule has 1 N–H and O–H groups in total. The molecule has 0 radical (unpaired) electrons. The number of hydrogen-bond donors (Lipinski definition) is 1. The van der Waals surface area contributed by atoms with Gasteiger partial charge in [0.1, 0.15) is 9.88 Å². The first-order chi connectivity index (χ1) is 8.62. The van der Waals surface area contributed by atoms with Crippen LogP contribution in [0.4, 0.5) is 0 Å². The Bertz CT molecular complexity index is 386. The number of unbranched alkanes of at least 4 members (excludes halogenated alkanes) is 1. The Labute approximate surface area is 113 Å². The zero-order valence-electron chi connectivity index (χ0n) is 11.4. The Morgan fingerprint density at radius 3 is 2.50 bits per heavy atom. The quantitative estimate of drug-likeness (QED) is 0.789. The SMILES string of the molecule is CCCCc1nc(CN(CC)CC)sc1C(=O)O. The van der Waals surface area contributed by atoms with E-state index in [-0.39, 0.29) is 0 Å². The largest absolute Gasteiger partial charge is 0.477 e. The average molecular weight is 270 g/mol. The van der Waals surface area contributed by atoms with Crippen LogP contribution in [-0.4, -0.2) is 34.0 Å². The maximum absolute atomic E-state index is 11.2. The van der Waals surface area contributed by atoms with Crippen LogP contribution in [0.3, 0.4) is 0 Å². The van der Waals surface area contributed by atoms with E-state index in [1.807, 2.05) is 0 Å². The van der Waals surface area contributed by atoms with Gasteiger partial charge in [0.05, 0.1) is 12.2 Å². The smallest absolute Gasteiger partial charge is 0.347 e. The zero-order valence-corrected chi connectivity index (χ0v) is 12.2. The van der Waals surface area contributed by atoms with Gasteiger partial charge >= 0.3 is 5.97 Å². The molecule has 102 valence electrons. The number of carboxylic acids is 1. The fraction of sp³-hybridized carbons (Fsp3) is 0.692. The van der Waals surface area contributed by atoms with Crippen molar-refractivity contribution in [1.82, 2.24) is 9.88 Å². The first kappa shape index (κ1) is 15.1. The molecule has 0 saturated carbocycles. The summed E-state index contributed by atoms with van der Waals surface area (Å²) in [6.45, 7) is 8.99. The first-order valence-corrected chi connectivity index (χ1v) is 7.38. The molecule has 0 fully saturated rings. The lowest BCUT2D eigenvalue weighted by molar-refractivity contribution is 0.0700. The van der Waals surface area contributed by atoms with Gasteiger partial charge in [0.25, 0.3) is 0 Å². The van der Waals surface area contributed by atoms with Crippen molar-refractivity contribution < 1.29 is 9.90 Å². The van der Waals surface area contributed by atoms with Gasteiger partial charge in [0.2, 0.25) is 0 Å². The molecule has 0 aliphatic rings. The van der Waals surface area contributed by atoms with E-state index in [2.05, 4.69) is 30.7 Å². The maximum atomic E-state index is 11.2. The molecule has 5 heteroatoms. The maximum Gasteiger partial charge on any atom is 0.347 e. The van der Waals surface area contributed by atoms with Crippen molar-refractivity contribution in [2.75, 3.05) is 13.1 Å². The molecule has 0 aromatic carbocycles. The van der Waals surface area contributed by atoms with Gasteiger partial charge in [-0.25, -0.2) is 9.78 Å². The number of aryl methyl sites for hydroxylation is 1. The van der Waals surface area contributed by atoms with Crippen LogP contribution in [-0.2, 0) is 13.0 Å². The van der Waals surface area contributed by atoms with E-state index in [0.717, 1.165) is 49.6 Å². The fourth-order valence-corrected chi connectivity index (χ4v) is 2.78. The van der Waals surface area contributed by atoms with Crippen molar-refractivity contribution in [2.45, 2.75) is 46.6 Å². The third kappa shape index (κ3) is 4.07. The van der Waals surface area contributed by atoms with Gasteiger partial charge in [-0.1, -0.05) is 27.2 Å². The van der Waals surface area contributed by atoms with E-state index < -0.39 is 5.97 Å². The van der Waals surface area contributed by atoms with Crippen LogP contribution in [0.2, 0.25) is 0 Å². The summed E-state index contributed by atoms with van der Waals surface area (Å²) in [5.74, 6) is -0.843. The summed E-state index contributed by atoms with van der Waals surface area (Å²) in [4.78, 5) is 18.3. The third-order valence-electron chi connectivity index (χ3n) is 2.96. The molecule has 0 aliphatic carbocycles. The van der Waals surface area contributed by atoms with Gasteiger partial charge in [-0.2, -0.15) is 0 Å². The van der Waals surface area contributed by atoms with Gasteiger partial charge in [0, 0.05) is 0 Å². The highest BCUT2D eigenvalue weighted by atomic mass is 32.1. The molecule has 1 aromatic rings. The second kappa shape index (κ2) is 7.48. The Balaban J connectivity index is 2.84. The third-order valence-corrected chi connectivity index (χ3v) is 4.03. The summed E-state index contributed by atoms with van der Waals surface area (Å²) in [5, 5.41) is 10.1. The Morgan fingerprint density at radius 2 is 2.00 bits per heavy atom. The summed E-state index contributed by atoms with van der Waals surface area (Å²) in [5.41, 5.74) is 0.761. The summed E-state index contributed by atoms with van der Waals surface area (Å²) in [6.07, 6.45) is 2.82. The van der Waals surface area contributed by atoms with E-state index in [4.69, 9.17) is 0 Å². The summed E-state index contributed by atoms with van der Waals surface area (Å²) in [6, 6.07) is 0. The molecule has 0 bridgehead atoms. The monoisotopic (exact) mass is 270 g/mol. The number of thiazole rings is 1. The van der Waals surface area contributed by atoms with E-state index in [9.17, 15) is 9.90 Å². The Morgan fingerprint density at radius 1 is 1.33 bits per heavy atom. The molecule has 1 aromatic heterocycles. The predicted molar refractivity (Wildman–Crippen MR) is 74.3 cm³/mol. The highest BCUT2D eigenvalue weighted by Gasteiger charge is 2.17. The van der Waals surface area contributed by atoms with Crippen molar-refractivity contribution in [3.05, 3.63) is 15.6 Å². The number of carbonyl (C=O) groups is 1. The minimum atomic E-state index is -0.843. The van der Waals surface area contributed by atoms with Crippen molar-refractivity contribution in [3.8, 4) is 0 Å². The molecule has 1 rings (SSSR count). The Hall–Kier alpha value is -0.940. The summed E-state index contributed by atoms with van der Waals surface area (Å²) < 4.78 is 0. The second-order valence-electron chi connectivity index (χ2n) is 4.25. The number of rotatable bonds is 8. The van der Waals surface area contributed by atoms with Crippen LogP contribution in [0.5, 0.6) is 0 Å². The number of aromatic nitrogens is 1. The fourth-order valence-electron chi connectivity index (χ4n) is 1.79. The minimum Gasteiger partial charge on any atom is -0.477 e. The summed E-state index contributed by atoms with van der Waals surface area (Å²) in [7, 11) is 0. The standard InChI is InChI=1S/C13H22N2O2S/c1-4-7-8-10-12(13(16)17)18-11(14-10)9-15(5-2)6-3/h4-9H2,1-3H3,(H,16,17). The normalized spacial score (nSPS) is 11.1. The van der Waals surface area contributed by atoms with Gasteiger partial charge in [-0.15, -0.1) is 11.3 Å². The van der Waals surface area contributed by atoms with Crippen LogP contribution in [0, 0.1) is 0 Å². The molecule has 18 heavy (non-hydrogen) atoms. The van der Waals surface area contributed by atoms with E-state index in [1.54, 1.807) is 0 Å². The molecule has 0 aliphatic heterocycles. The highest BCUT2D eigenvalue weighted by Crippen LogP contribution is 2.21. The van der Waals surface area contributed by atoms with Crippen LogP contribution >= 0.6 is 11.3 Å². The molecular formula is C13H22N2O2S. The van der Waals surface area contributed by atoms with E-state index in [0.29, 0.717) is 4.88 Å². The lowest BCUT2D eigenvalue weighted by atomic mass is 10.2.